The summed E-state index contributed by atoms with van der Waals surface area (Å²) in [6.07, 6.45) is 0. The van der Waals surface area contributed by atoms with Crippen LogP contribution in [0.5, 0.6) is 0 Å². The smallest absolute Gasteiger partial charge is 0.338 e. The largest absolute Gasteiger partial charge is 0.463 e. The SMILES string of the molecule is CCOC(=O)C1=C2Nc3ccccc3N=C2N(C)C1c1ccc(Cl)cc1. The highest BCUT2D eigenvalue weighted by atomic mass is 35.5. The van der Waals surface area contributed by atoms with Crippen LogP contribution in [0.15, 0.2) is 64.8 Å². The summed E-state index contributed by atoms with van der Waals surface area (Å²) in [6.45, 7) is 2.12. The normalized spacial score (nSPS) is 18.0. The Balaban J connectivity index is 1.87. The molecule has 0 saturated heterocycles. The number of esters is 1. The van der Waals surface area contributed by atoms with E-state index in [1.54, 1.807) is 6.92 Å². The van der Waals surface area contributed by atoms with E-state index < -0.39 is 0 Å². The van der Waals surface area contributed by atoms with Gasteiger partial charge in [0.25, 0.3) is 0 Å². The van der Waals surface area contributed by atoms with Gasteiger partial charge in [-0.1, -0.05) is 35.9 Å². The van der Waals surface area contributed by atoms with E-state index in [9.17, 15) is 4.79 Å². The van der Waals surface area contributed by atoms with Gasteiger partial charge in [0, 0.05) is 12.1 Å². The van der Waals surface area contributed by atoms with E-state index >= 15 is 0 Å². The Bertz CT molecular complexity index is 934. The van der Waals surface area contributed by atoms with Crippen LogP contribution in [0.1, 0.15) is 18.5 Å². The summed E-state index contributed by atoms with van der Waals surface area (Å²) in [5.74, 6) is 0.387. The number of ether oxygens (including phenoxy) is 1. The summed E-state index contributed by atoms with van der Waals surface area (Å²) < 4.78 is 5.34. The average molecular weight is 368 g/mol. The number of halogens is 1. The summed E-state index contributed by atoms with van der Waals surface area (Å²) >= 11 is 6.03. The zero-order chi connectivity index (χ0) is 18.3. The molecule has 2 aliphatic heterocycles. The minimum Gasteiger partial charge on any atom is -0.463 e. The van der Waals surface area contributed by atoms with Crippen molar-refractivity contribution >= 4 is 34.8 Å². The predicted molar refractivity (Wildman–Crippen MR) is 103 cm³/mol. The number of carbonyl (C=O) groups excluding carboxylic acids is 1. The van der Waals surface area contributed by atoms with Gasteiger partial charge in [0.05, 0.1) is 35.3 Å². The second-order valence-electron chi connectivity index (χ2n) is 6.15. The lowest BCUT2D eigenvalue weighted by Crippen LogP contribution is -2.28. The van der Waals surface area contributed by atoms with Gasteiger partial charge in [-0.15, -0.1) is 0 Å². The molecule has 0 bridgehead atoms. The van der Waals surface area contributed by atoms with Gasteiger partial charge in [0.2, 0.25) is 0 Å². The average Bonchev–Trinajstić information content (AvgIpc) is 2.93. The minimum atomic E-state index is -0.341. The van der Waals surface area contributed by atoms with Crippen LogP contribution in [0.3, 0.4) is 0 Å². The van der Waals surface area contributed by atoms with Crippen LogP contribution in [0.2, 0.25) is 5.02 Å². The van der Waals surface area contributed by atoms with Crippen molar-refractivity contribution < 1.29 is 9.53 Å². The van der Waals surface area contributed by atoms with Gasteiger partial charge in [-0.25, -0.2) is 9.79 Å². The summed E-state index contributed by atoms with van der Waals surface area (Å²) in [5, 5.41) is 4.02. The van der Waals surface area contributed by atoms with Gasteiger partial charge in [-0.2, -0.15) is 0 Å². The molecule has 2 aromatic carbocycles. The molecular weight excluding hydrogens is 350 g/mol. The van der Waals surface area contributed by atoms with Crippen molar-refractivity contribution in [2.75, 3.05) is 19.0 Å². The second-order valence-corrected chi connectivity index (χ2v) is 6.59. The third-order valence-electron chi connectivity index (χ3n) is 4.56. The quantitative estimate of drug-likeness (QED) is 0.822. The summed E-state index contributed by atoms with van der Waals surface area (Å²) in [6, 6.07) is 15.0. The molecule has 0 saturated carbocycles. The molecule has 5 nitrogen and oxygen atoms in total. The van der Waals surface area contributed by atoms with Gasteiger partial charge in [-0.05, 0) is 36.8 Å². The van der Waals surface area contributed by atoms with Crippen molar-refractivity contribution in [2.45, 2.75) is 13.0 Å². The van der Waals surface area contributed by atoms with Crippen molar-refractivity contribution in [1.82, 2.24) is 4.90 Å². The van der Waals surface area contributed by atoms with E-state index in [4.69, 9.17) is 21.3 Å². The number of benzene rings is 2. The molecule has 0 aliphatic carbocycles. The molecule has 0 amide bonds. The third-order valence-corrected chi connectivity index (χ3v) is 4.81. The highest BCUT2D eigenvalue weighted by Gasteiger charge is 2.42. The van der Waals surface area contributed by atoms with E-state index in [0.717, 1.165) is 22.8 Å². The van der Waals surface area contributed by atoms with E-state index in [2.05, 4.69) is 5.32 Å². The number of nitrogens with one attached hydrogen (secondary N) is 1. The van der Waals surface area contributed by atoms with Crippen molar-refractivity contribution in [2.24, 2.45) is 4.99 Å². The molecule has 1 unspecified atom stereocenters. The van der Waals surface area contributed by atoms with Gasteiger partial charge < -0.3 is 15.0 Å². The topological polar surface area (TPSA) is 53.9 Å². The summed E-state index contributed by atoms with van der Waals surface area (Å²) in [7, 11) is 1.93. The first-order valence-electron chi connectivity index (χ1n) is 8.45. The zero-order valence-electron chi connectivity index (χ0n) is 14.5. The maximum atomic E-state index is 12.8. The number of carbonyl (C=O) groups is 1. The molecule has 2 aliphatic rings. The lowest BCUT2D eigenvalue weighted by atomic mass is 9.99. The van der Waals surface area contributed by atoms with Crippen molar-refractivity contribution in [3.63, 3.8) is 0 Å². The predicted octanol–water partition coefficient (Wildman–Crippen LogP) is 4.30. The number of nitrogens with zero attached hydrogens (tertiary/aromatic N) is 2. The number of rotatable bonds is 3. The molecule has 132 valence electrons. The van der Waals surface area contributed by atoms with Gasteiger partial charge in [0.1, 0.15) is 0 Å². The Morgan fingerprint density at radius 3 is 2.69 bits per heavy atom. The first-order chi connectivity index (χ1) is 12.6. The number of hydrogen-bond acceptors (Lipinski definition) is 5. The Labute approximate surface area is 156 Å². The highest BCUT2D eigenvalue weighted by molar-refractivity contribution is 6.30. The first kappa shape index (κ1) is 16.7. The zero-order valence-corrected chi connectivity index (χ0v) is 15.2. The Morgan fingerprint density at radius 2 is 1.96 bits per heavy atom. The van der Waals surface area contributed by atoms with E-state index in [1.807, 2.05) is 60.5 Å². The van der Waals surface area contributed by atoms with Crippen LogP contribution in [0.25, 0.3) is 0 Å². The maximum absolute atomic E-state index is 12.8. The number of amidine groups is 1. The summed E-state index contributed by atoms with van der Waals surface area (Å²) in [4.78, 5) is 19.5. The number of fused-ring (bicyclic) bond motifs is 2. The van der Waals surface area contributed by atoms with Crippen molar-refractivity contribution in [3.05, 3.63) is 70.4 Å². The van der Waals surface area contributed by atoms with Gasteiger partial charge in [-0.3, -0.25) is 0 Å². The Hall–Kier alpha value is -2.79. The molecule has 6 heteroatoms. The molecule has 1 N–H and O–H groups in total. The molecule has 0 fully saturated rings. The molecule has 2 heterocycles. The fourth-order valence-electron chi connectivity index (χ4n) is 3.39. The van der Waals surface area contributed by atoms with E-state index in [1.165, 1.54) is 0 Å². The minimum absolute atomic E-state index is 0.290. The highest BCUT2D eigenvalue weighted by Crippen LogP contribution is 2.43. The van der Waals surface area contributed by atoms with Crippen LogP contribution < -0.4 is 5.32 Å². The number of anilines is 1. The maximum Gasteiger partial charge on any atom is 0.338 e. The lowest BCUT2D eigenvalue weighted by Gasteiger charge is -2.25. The van der Waals surface area contributed by atoms with E-state index in [0.29, 0.717) is 22.9 Å². The van der Waals surface area contributed by atoms with Crippen LogP contribution >= 0.6 is 11.6 Å². The molecule has 0 radical (unpaired) electrons. The summed E-state index contributed by atoms with van der Waals surface area (Å²) in [5.41, 5.74) is 3.93. The number of likely N-dealkylation sites (N-methyl/N-ethyl adjacent to an activating group) is 1. The monoisotopic (exact) mass is 367 g/mol. The Morgan fingerprint density at radius 1 is 1.23 bits per heavy atom. The number of hydrogen-bond donors (Lipinski definition) is 1. The fourth-order valence-corrected chi connectivity index (χ4v) is 3.52. The van der Waals surface area contributed by atoms with Crippen molar-refractivity contribution in [1.29, 1.82) is 0 Å². The number of aliphatic imine (C=N–C) groups is 1. The molecule has 2 aromatic rings. The molecular formula is C20H18ClN3O2. The standard InChI is InChI=1S/C20H18ClN3O2/c1-3-26-20(25)16-17-19(23-15-7-5-4-6-14(15)22-17)24(2)18(16)12-8-10-13(21)11-9-12/h4-11,18,22H,3H2,1-2H3. The molecule has 4 rings (SSSR count). The molecule has 0 aromatic heterocycles. The lowest BCUT2D eigenvalue weighted by molar-refractivity contribution is -0.139. The van der Waals surface area contributed by atoms with Crippen LogP contribution in [0, 0.1) is 0 Å². The Kier molecular flexibility index (Phi) is 4.17. The van der Waals surface area contributed by atoms with Crippen LogP contribution in [-0.2, 0) is 9.53 Å². The third kappa shape index (κ3) is 2.65. The molecule has 26 heavy (non-hydrogen) atoms. The van der Waals surface area contributed by atoms with Crippen LogP contribution in [0.4, 0.5) is 11.4 Å². The number of para-hydroxylation sites is 2. The second kappa shape index (κ2) is 6.50. The molecule has 0 spiro atoms. The van der Waals surface area contributed by atoms with Gasteiger partial charge >= 0.3 is 5.97 Å². The van der Waals surface area contributed by atoms with Gasteiger partial charge in [0.15, 0.2) is 5.84 Å². The van der Waals surface area contributed by atoms with E-state index in [-0.39, 0.29) is 12.0 Å². The molecule has 1 atom stereocenters. The fraction of sp³-hybridized carbons (Fsp3) is 0.200. The van der Waals surface area contributed by atoms with Crippen LogP contribution in [-0.4, -0.2) is 30.4 Å². The first-order valence-corrected chi connectivity index (χ1v) is 8.82. The van der Waals surface area contributed by atoms with Crippen molar-refractivity contribution in [3.8, 4) is 0 Å².